The van der Waals surface area contributed by atoms with Crippen LogP contribution >= 0.6 is 0 Å². The van der Waals surface area contributed by atoms with Crippen LogP contribution in [0.2, 0.25) is 0 Å². The molecule has 114 valence electrons. The van der Waals surface area contributed by atoms with Gasteiger partial charge in [0.2, 0.25) is 0 Å². The highest BCUT2D eigenvalue weighted by atomic mass is 19.1. The molecule has 0 saturated heterocycles. The molecule has 0 bridgehead atoms. The van der Waals surface area contributed by atoms with Gasteiger partial charge < -0.3 is 15.2 Å². The molecule has 0 spiro atoms. The summed E-state index contributed by atoms with van der Waals surface area (Å²) < 4.78 is 31.3. The van der Waals surface area contributed by atoms with E-state index in [4.69, 9.17) is 4.74 Å². The lowest BCUT2D eigenvalue weighted by Crippen LogP contribution is -2.48. The molecule has 1 rings (SSSR count). The van der Waals surface area contributed by atoms with E-state index in [1.807, 2.05) is 13.8 Å². The fourth-order valence-electron chi connectivity index (χ4n) is 2.22. The van der Waals surface area contributed by atoms with Gasteiger partial charge in [-0.1, -0.05) is 13.8 Å². The molecule has 1 unspecified atom stereocenters. The molecule has 1 atom stereocenters. The summed E-state index contributed by atoms with van der Waals surface area (Å²) in [6.45, 7) is 5.21. The van der Waals surface area contributed by atoms with Crippen molar-refractivity contribution in [2.75, 3.05) is 19.8 Å². The Bertz CT molecular complexity index is 389. The SMILES string of the molecule is CCNC(CC)(CO)CCCOc1cc(F)cc(F)c1. The molecule has 0 heterocycles. The van der Waals surface area contributed by atoms with E-state index >= 15 is 0 Å². The summed E-state index contributed by atoms with van der Waals surface area (Å²) in [6.07, 6.45) is 2.25. The monoisotopic (exact) mass is 287 g/mol. The number of halogens is 2. The molecule has 0 aromatic heterocycles. The maximum atomic E-state index is 13.0. The largest absolute Gasteiger partial charge is 0.493 e. The molecule has 0 aliphatic heterocycles. The van der Waals surface area contributed by atoms with E-state index < -0.39 is 11.6 Å². The van der Waals surface area contributed by atoms with E-state index in [2.05, 4.69) is 5.32 Å². The number of aliphatic hydroxyl groups is 1. The van der Waals surface area contributed by atoms with Crippen molar-refractivity contribution in [2.24, 2.45) is 0 Å². The summed E-state index contributed by atoms with van der Waals surface area (Å²) >= 11 is 0. The molecule has 0 aliphatic rings. The van der Waals surface area contributed by atoms with Crippen LogP contribution in [0.3, 0.4) is 0 Å². The van der Waals surface area contributed by atoms with Crippen molar-refractivity contribution in [1.29, 1.82) is 0 Å². The normalized spacial score (nSPS) is 14.1. The summed E-state index contributed by atoms with van der Waals surface area (Å²) in [5, 5.41) is 12.8. The van der Waals surface area contributed by atoms with Crippen molar-refractivity contribution in [3.63, 3.8) is 0 Å². The van der Waals surface area contributed by atoms with Gasteiger partial charge in [-0.2, -0.15) is 0 Å². The van der Waals surface area contributed by atoms with E-state index in [9.17, 15) is 13.9 Å². The number of ether oxygens (including phenoxy) is 1. The van der Waals surface area contributed by atoms with Gasteiger partial charge in [0.1, 0.15) is 17.4 Å². The predicted octanol–water partition coefficient (Wildman–Crippen LogP) is 2.87. The van der Waals surface area contributed by atoms with Gasteiger partial charge in [0.15, 0.2) is 0 Å². The Morgan fingerprint density at radius 2 is 1.85 bits per heavy atom. The molecule has 0 fully saturated rings. The first-order chi connectivity index (χ1) is 9.55. The van der Waals surface area contributed by atoms with E-state index in [0.29, 0.717) is 13.0 Å². The standard InChI is InChI=1S/C15H23F2NO2/c1-3-15(11-19,18-4-2)6-5-7-20-14-9-12(16)8-13(17)10-14/h8-10,18-19H,3-7,11H2,1-2H3. The summed E-state index contributed by atoms with van der Waals surface area (Å²) in [7, 11) is 0. The highest BCUT2D eigenvalue weighted by Crippen LogP contribution is 2.19. The van der Waals surface area contributed by atoms with Crippen molar-refractivity contribution in [3.05, 3.63) is 29.8 Å². The topological polar surface area (TPSA) is 41.5 Å². The molecular weight excluding hydrogens is 264 g/mol. The molecule has 2 N–H and O–H groups in total. The molecule has 1 aromatic carbocycles. The molecule has 1 aromatic rings. The Morgan fingerprint density at radius 3 is 2.35 bits per heavy atom. The Hall–Kier alpha value is -1.20. The lowest BCUT2D eigenvalue weighted by Gasteiger charge is -2.31. The van der Waals surface area contributed by atoms with Gasteiger partial charge in [-0.25, -0.2) is 8.78 Å². The number of hydrogen-bond acceptors (Lipinski definition) is 3. The van der Waals surface area contributed by atoms with Crippen molar-refractivity contribution in [2.45, 2.75) is 38.6 Å². The maximum Gasteiger partial charge on any atom is 0.129 e. The number of likely N-dealkylation sites (N-methyl/N-ethyl adjacent to an activating group) is 1. The van der Waals surface area contributed by atoms with Crippen LogP contribution < -0.4 is 10.1 Å². The molecule has 5 heteroatoms. The first kappa shape index (κ1) is 16.9. The van der Waals surface area contributed by atoms with Crippen LogP contribution in [0.4, 0.5) is 8.78 Å². The highest BCUT2D eigenvalue weighted by Gasteiger charge is 2.25. The second-order valence-corrected chi connectivity index (χ2v) is 4.88. The molecule has 3 nitrogen and oxygen atoms in total. The summed E-state index contributed by atoms with van der Waals surface area (Å²) in [4.78, 5) is 0. The van der Waals surface area contributed by atoms with Crippen molar-refractivity contribution >= 4 is 0 Å². The van der Waals surface area contributed by atoms with E-state index in [1.54, 1.807) is 0 Å². The third-order valence-electron chi connectivity index (χ3n) is 3.44. The van der Waals surface area contributed by atoms with E-state index in [0.717, 1.165) is 37.6 Å². The third kappa shape index (κ3) is 5.06. The lowest BCUT2D eigenvalue weighted by molar-refractivity contribution is 0.139. The second-order valence-electron chi connectivity index (χ2n) is 4.88. The fourth-order valence-corrected chi connectivity index (χ4v) is 2.22. The quantitative estimate of drug-likeness (QED) is 0.686. The molecule has 0 aliphatic carbocycles. The Labute approximate surface area is 119 Å². The van der Waals surface area contributed by atoms with Crippen molar-refractivity contribution in [3.8, 4) is 5.75 Å². The minimum absolute atomic E-state index is 0.0614. The molecular formula is C15H23F2NO2. The Kier molecular flexibility index (Phi) is 6.88. The zero-order valence-electron chi connectivity index (χ0n) is 12.1. The fraction of sp³-hybridized carbons (Fsp3) is 0.600. The van der Waals surface area contributed by atoms with Crippen molar-refractivity contribution < 1.29 is 18.6 Å². The first-order valence-electron chi connectivity index (χ1n) is 7.00. The maximum absolute atomic E-state index is 13.0. The third-order valence-corrected chi connectivity index (χ3v) is 3.44. The molecule has 0 saturated carbocycles. The zero-order valence-corrected chi connectivity index (χ0v) is 12.1. The summed E-state index contributed by atoms with van der Waals surface area (Å²) in [6, 6.07) is 3.13. The average Bonchev–Trinajstić information content (AvgIpc) is 2.41. The van der Waals surface area contributed by atoms with Crippen LogP contribution in [0.5, 0.6) is 5.75 Å². The van der Waals surface area contributed by atoms with Gasteiger partial charge >= 0.3 is 0 Å². The smallest absolute Gasteiger partial charge is 0.129 e. The Balaban J connectivity index is 2.43. The predicted molar refractivity (Wildman–Crippen MR) is 74.9 cm³/mol. The minimum atomic E-state index is -0.647. The van der Waals surface area contributed by atoms with Gasteiger partial charge in [0.25, 0.3) is 0 Å². The Morgan fingerprint density at radius 1 is 1.20 bits per heavy atom. The average molecular weight is 287 g/mol. The van der Waals surface area contributed by atoms with Gasteiger partial charge in [0, 0.05) is 23.7 Å². The molecule has 20 heavy (non-hydrogen) atoms. The summed E-state index contributed by atoms with van der Waals surface area (Å²) in [5.41, 5.74) is -0.300. The van der Waals surface area contributed by atoms with Crippen LogP contribution in [0.25, 0.3) is 0 Å². The molecule has 0 amide bonds. The van der Waals surface area contributed by atoms with Crippen LogP contribution in [0.15, 0.2) is 18.2 Å². The number of aliphatic hydroxyl groups excluding tert-OH is 1. The van der Waals surface area contributed by atoms with Crippen molar-refractivity contribution in [1.82, 2.24) is 5.32 Å². The number of benzene rings is 1. The summed E-state index contributed by atoms with van der Waals surface area (Å²) in [5.74, 6) is -1.10. The van der Waals surface area contributed by atoms with E-state index in [-0.39, 0.29) is 17.9 Å². The second kappa shape index (κ2) is 8.17. The first-order valence-corrected chi connectivity index (χ1v) is 7.00. The zero-order chi connectivity index (χ0) is 15.0. The van der Waals surface area contributed by atoms with Crippen LogP contribution in [-0.4, -0.2) is 30.4 Å². The number of hydrogen-bond donors (Lipinski definition) is 2. The van der Waals surface area contributed by atoms with Crippen LogP contribution in [0.1, 0.15) is 33.1 Å². The van der Waals surface area contributed by atoms with E-state index in [1.165, 1.54) is 0 Å². The minimum Gasteiger partial charge on any atom is -0.493 e. The number of nitrogens with one attached hydrogen (secondary N) is 1. The van der Waals surface area contributed by atoms with Gasteiger partial charge in [-0.15, -0.1) is 0 Å². The van der Waals surface area contributed by atoms with Gasteiger partial charge in [-0.3, -0.25) is 0 Å². The number of rotatable bonds is 9. The van der Waals surface area contributed by atoms with Gasteiger partial charge in [-0.05, 0) is 25.8 Å². The molecule has 0 radical (unpaired) electrons. The van der Waals surface area contributed by atoms with Crippen LogP contribution in [0, 0.1) is 11.6 Å². The lowest BCUT2D eigenvalue weighted by atomic mass is 9.91. The highest BCUT2D eigenvalue weighted by molar-refractivity contribution is 5.23. The van der Waals surface area contributed by atoms with Gasteiger partial charge in [0.05, 0.1) is 13.2 Å². The van der Waals surface area contributed by atoms with Crippen LogP contribution in [-0.2, 0) is 0 Å².